The van der Waals surface area contributed by atoms with Crippen LogP contribution in [0.3, 0.4) is 0 Å². The molecule has 6 heteroatoms. The summed E-state index contributed by atoms with van der Waals surface area (Å²) in [5.41, 5.74) is -0.477. The molecular weight excluding hydrogens is 429 g/mol. The Morgan fingerprint density at radius 3 is 2.60 bits per heavy atom. The van der Waals surface area contributed by atoms with Gasteiger partial charge in [-0.3, -0.25) is 4.99 Å². The minimum absolute atomic E-state index is 0. The molecule has 3 fully saturated rings. The number of nitrogens with one attached hydrogen (secondary N) is 2. The normalized spacial score (nSPS) is 33.4. The van der Waals surface area contributed by atoms with Crippen LogP contribution >= 0.6 is 24.0 Å². The monoisotopic (exact) mass is 465 g/mol. The highest BCUT2D eigenvalue weighted by Crippen LogP contribution is 2.51. The molecular formula is C19H36IN3O2. The van der Waals surface area contributed by atoms with Crippen LogP contribution in [-0.4, -0.2) is 48.5 Å². The molecule has 2 aliphatic carbocycles. The van der Waals surface area contributed by atoms with Crippen molar-refractivity contribution in [2.45, 2.75) is 83.5 Å². The standard InChI is InChI=1S/C19H35N3O2.HI/c1-4-20-17(21-13-19(23)10-6-5-7-11-19)22-15-14-9-8-12-24-16(14)18(15,2)3;/h14-16,23H,4-13H2,1-3H3,(H2,20,21,22);1H. The van der Waals surface area contributed by atoms with E-state index in [1.54, 1.807) is 0 Å². The van der Waals surface area contributed by atoms with Gasteiger partial charge in [-0.05, 0) is 32.6 Å². The van der Waals surface area contributed by atoms with E-state index in [4.69, 9.17) is 9.73 Å². The maximum Gasteiger partial charge on any atom is 0.191 e. The molecule has 146 valence electrons. The van der Waals surface area contributed by atoms with Crippen LogP contribution in [0.1, 0.15) is 65.7 Å². The van der Waals surface area contributed by atoms with Crippen LogP contribution in [0, 0.1) is 11.3 Å². The number of fused-ring (bicyclic) bond motifs is 1. The summed E-state index contributed by atoms with van der Waals surface area (Å²) in [6.45, 7) is 8.90. The van der Waals surface area contributed by atoms with Crippen molar-refractivity contribution in [3.05, 3.63) is 0 Å². The quantitative estimate of drug-likeness (QED) is 0.339. The molecule has 1 heterocycles. The zero-order chi connectivity index (χ0) is 17.2. The molecule has 0 spiro atoms. The highest BCUT2D eigenvalue weighted by Gasteiger charge is 2.58. The fourth-order valence-electron chi connectivity index (χ4n) is 4.88. The first-order chi connectivity index (χ1) is 11.5. The Hall–Kier alpha value is -0.0800. The first-order valence-electron chi connectivity index (χ1n) is 9.85. The lowest BCUT2D eigenvalue weighted by atomic mass is 9.55. The maximum absolute atomic E-state index is 10.7. The number of aliphatic imine (C=N–C) groups is 1. The minimum atomic E-state index is -0.605. The lowest BCUT2D eigenvalue weighted by Gasteiger charge is -2.60. The highest BCUT2D eigenvalue weighted by molar-refractivity contribution is 14.0. The molecule has 1 aliphatic heterocycles. The van der Waals surface area contributed by atoms with Crippen LogP contribution < -0.4 is 10.6 Å². The number of aliphatic hydroxyl groups is 1. The van der Waals surface area contributed by atoms with Gasteiger partial charge in [0.1, 0.15) is 0 Å². The third kappa shape index (κ3) is 4.61. The minimum Gasteiger partial charge on any atom is -0.388 e. The number of nitrogens with zero attached hydrogens (tertiary/aromatic N) is 1. The van der Waals surface area contributed by atoms with Gasteiger partial charge in [-0.2, -0.15) is 0 Å². The number of ether oxygens (including phenoxy) is 1. The van der Waals surface area contributed by atoms with E-state index in [0.717, 1.165) is 51.2 Å². The Morgan fingerprint density at radius 2 is 1.92 bits per heavy atom. The first-order valence-corrected chi connectivity index (χ1v) is 9.85. The maximum atomic E-state index is 10.7. The van der Waals surface area contributed by atoms with Crippen molar-refractivity contribution < 1.29 is 9.84 Å². The number of guanidine groups is 1. The largest absolute Gasteiger partial charge is 0.388 e. The Kier molecular flexibility index (Phi) is 7.42. The van der Waals surface area contributed by atoms with E-state index in [-0.39, 0.29) is 29.4 Å². The Balaban J connectivity index is 0.00000225. The lowest BCUT2D eigenvalue weighted by molar-refractivity contribution is -0.188. The van der Waals surface area contributed by atoms with E-state index in [9.17, 15) is 5.11 Å². The summed E-state index contributed by atoms with van der Waals surface area (Å²) in [6.07, 6.45) is 7.99. The Morgan fingerprint density at radius 1 is 1.20 bits per heavy atom. The van der Waals surface area contributed by atoms with Gasteiger partial charge in [-0.1, -0.05) is 33.1 Å². The number of halogens is 1. The summed E-state index contributed by atoms with van der Waals surface area (Å²) in [7, 11) is 0. The third-order valence-corrected chi connectivity index (χ3v) is 6.28. The van der Waals surface area contributed by atoms with E-state index in [1.165, 1.54) is 12.8 Å². The molecule has 2 saturated carbocycles. The van der Waals surface area contributed by atoms with Crippen LogP contribution in [0.25, 0.3) is 0 Å². The van der Waals surface area contributed by atoms with E-state index in [0.29, 0.717) is 24.6 Å². The molecule has 0 aromatic carbocycles. The van der Waals surface area contributed by atoms with Gasteiger partial charge in [0.15, 0.2) is 5.96 Å². The zero-order valence-corrected chi connectivity index (χ0v) is 18.3. The van der Waals surface area contributed by atoms with Crippen molar-refractivity contribution in [1.82, 2.24) is 10.6 Å². The van der Waals surface area contributed by atoms with Crippen molar-refractivity contribution >= 4 is 29.9 Å². The number of hydrogen-bond donors (Lipinski definition) is 3. The van der Waals surface area contributed by atoms with Crippen molar-refractivity contribution in [2.24, 2.45) is 16.3 Å². The van der Waals surface area contributed by atoms with Gasteiger partial charge in [0.2, 0.25) is 0 Å². The highest BCUT2D eigenvalue weighted by atomic mass is 127. The van der Waals surface area contributed by atoms with Gasteiger partial charge in [-0.15, -0.1) is 24.0 Å². The summed E-state index contributed by atoms with van der Waals surface area (Å²) in [5.74, 6) is 1.42. The summed E-state index contributed by atoms with van der Waals surface area (Å²) < 4.78 is 5.99. The molecule has 0 aromatic rings. The van der Waals surface area contributed by atoms with Crippen LogP contribution in [0.15, 0.2) is 4.99 Å². The van der Waals surface area contributed by atoms with E-state index >= 15 is 0 Å². The lowest BCUT2D eigenvalue weighted by Crippen LogP contribution is -2.71. The molecule has 3 unspecified atom stereocenters. The zero-order valence-electron chi connectivity index (χ0n) is 16.0. The number of rotatable bonds is 4. The summed E-state index contributed by atoms with van der Waals surface area (Å²) in [5, 5.41) is 17.7. The van der Waals surface area contributed by atoms with E-state index < -0.39 is 5.60 Å². The average Bonchev–Trinajstić information content (AvgIpc) is 2.58. The fraction of sp³-hybridized carbons (Fsp3) is 0.947. The molecule has 3 aliphatic rings. The van der Waals surface area contributed by atoms with Crippen molar-refractivity contribution in [1.29, 1.82) is 0 Å². The summed E-state index contributed by atoms with van der Waals surface area (Å²) in [4.78, 5) is 4.74. The molecule has 0 radical (unpaired) electrons. The van der Waals surface area contributed by atoms with Crippen LogP contribution in [0.5, 0.6) is 0 Å². The molecule has 0 amide bonds. The molecule has 1 saturated heterocycles. The van der Waals surface area contributed by atoms with Gasteiger partial charge >= 0.3 is 0 Å². The second kappa shape index (κ2) is 8.74. The Bertz CT molecular complexity index is 464. The van der Waals surface area contributed by atoms with Gasteiger partial charge in [0.05, 0.1) is 18.2 Å². The molecule has 3 atom stereocenters. The number of hydrogen-bond acceptors (Lipinski definition) is 3. The van der Waals surface area contributed by atoms with Crippen LogP contribution in [-0.2, 0) is 4.74 Å². The van der Waals surface area contributed by atoms with Crippen LogP contribution in [0.4, 0.5) is 0 Å². The van der Waals surface area contributed by atoms with Crippen molar-refractivity contribution in [3.8, 4) is 0 Å². The predicted octanol–water partition coefficient (Wildman–Crippen LogP) is 3.06. The summed E-state index contributed by atoms with van der Waals surface area (Å²) >= 11 is 0. The molecule has 3 rings (SSSR count). The molecule has 25 heavy (non-hydrogen) atoms. The van der Waals surface area contributed by atoms with Gasteiger partial charge < -0.3 is 20.5 Å². The SMILES string of the molecule is CCNC(=NCC1(O)CCCCC1)NC1C2CCCOC2C1(C)C.I. The van der Waals surface area contributed by atoms with Gasteiger partial charge in [0, 0.05) is 30.5 Å². The first kappa shape index (κ1) is 21.2. The van der Waals surface area contributed by atoms with Crippen LogP contribution in [0.2, 0.25) is 0 Å². The predicted molar refractivity (Wildman–Crippen MR) is 113 cm³/mol. The molecule has 0 aromatic heterocycles. The van der Waals surface area contributed by atoms with E-state index in [1.807, 2.05) is 0 Å². The van der Waals surface area contributed by atoms with E-state index in [2.05, 4.69) is 31.4 Å². The summed E-state index contributed by atoms with van der Waals surface area (Å²) in [6, 6.07) is 0.390. The topological polar surface area (TPSA) is 65.9 Å². The average molecular weight is 465 g/mol. The molecule has 5 nitrogen and oxygen atoms in total. The Labute approximate surface area is 169 Å². The smallest absolute Gasteiger partial charge is 0.191 e. The second-order valence-electron chi connectivity index (χ2n) is 8.52. The fourth-order valence-corrected chi connectivity index (χ4v) is 4.88. The van der Waals surface area contributed by atoms with Gasteiger partial charge in [-0.25, -0.2) is 0 Å². The van der Waals surface area contributed by atoms with Gasteiger partial charge in [0.25, 0.3) is 0 Å². The second-order valence-corrected chi connectivity index (χ2v) is 8.52. The molecule has 0 bridgehead atoms. The third-order valence-electron chi connectivity index (χ3n) is 6.28. The van der Waals surface area contributed by atoms with Crippen molar-refractivity contribution in [3.63, 3.8) is 0 Å². The van der Waals surface area contributed by atoms with Crippen molar-refractivity contribution in [2.75, 3.05) is 19.7 Å². The molecule has 3 N–H and O–H groups in total.